The molecule has 1 N–H and O–H groups in total. The molecule has 1 heterocycles. The Morgan fingerprint density at radius 1 is 1.17 bits per heavy atom. The molecule has 1 aliphatic carbocycles. The molecule has 0 aromatic heterocycles. The monoisotopic (exact) mass is 338 g/mol. The van der Waals surface area contributed by atoms with Gasteiger partial charge in [-0.1, -0.05) is 0 Å². The van der Waals surface area contributed by atoms with Crippen molar-refractivity contribution in [1.29, 1.82) is 0 Å². The molecular weight excluding hydrogens is 316 g/mol. The van der Waals surface area contributed by atoms with E-state index in [1.807, 2.05) is 24.3 Å². The van der Waals surface area contributed by atoms with Crippen molar-refractivity contribution in [1.82, 2.24) is 0 Å². The maximum Gasteiger partial charge on any atom is 0.281 e. The van der Waals surface area contributed by atoms with Crippen LogP contribution in [0.25, 0.3) is 0 Å². The van der Waals surface area contributed by atoms with Crippen molar-refractivity contribution in [2.24, 2.45) is 0 Å². The summed E-state index contributed by atoms with van der Waals surface area (Å²) in [5.41, 5.74) is 0. The summed E-state index contributed by atoms with van der Waals surface area (Å²) in [5.74, 6) is -0.431. The highest BCUT2D eigenvalue weighted by Gasteiger charge is 2.46. The Morgan fingerprint density at radius 3 is 2.35 bits per heavy atom. The van der Waals surface area contributed by atoms with E-state index in [-0.39, 0.29) is 10.5 Å². The number of aliphatic hydroxyl groups is 1. The van der Waals surface area contributed by atoms with Crippen LogP contribution in [0.2, 0.25) is 0 Å². The van der Waals surface area contributed by atoms with E-state index in [2.05, 4.69) is 0 Å². The van der Waals surface area contributed by atoms with Crippen LogP contribution >= 0.6 is 11.8 Å². The van der Waals surface area contributed by atoms with E-state index in [4.69, 9.17) is 14.2 Å². The lowest BCUT2D eigenvalue weighted by molar-refractivity contribution is -0.312. The SMILES string of the molecule is COc1ccc(SC2(CC3(O)OCCO3)CCC(=O)CC2)cc1. The smallest absolute Gasteiger partial charge is 0.281 e. The fraction of sp³-hybridized carbons (Fsp3) is 0.588. The Bertz CT molecular complexity index is 541. The van der Waals surface area contributed by atoms with E-state index in [9.17, 15) is 9.90 Å². The van der Waals surface area contributed by atoms with E-state index in [0.717, 1.165) is 23.5 Å². The predicted molar refractivity (Wildman–Crippen MR) is 86.5 cm³/mol. The average Bonchev–Trinajstić information content (AvgIpc) is 2.97. The zero-order chi connectivity index (χ0) is 16.3. The summed E-state index contributed by atoms with van der Waals surface area (Å²) in [4.78, 5) is 12.7. The Hall–Kier alpha value is -1.08. The first-order chi connectivity index (χ1) is 11.0. The van der Waals surface area contributed by atoms with Crippen molar-refractivity contribution in [3.63, 3.8) is 0 Å². The van der Waals surface area contributed by atoms with Crippen LogP contribution in [0.3, 0.4) is 0 Å². The fourth-order valence-corrected chi connectivity index (χ4v) is 4.58. The molecule has 1 saturated carbocycles. The molecule has 0 unspecified atom stereocenters. The molecule has 1 aliphatic heterocycles. The number of ether oxygens (including phenoxy) is 3. The first-order valence-corrected chi connectivity index (χ1v) is 8.69. The van der Waals surface area contributed by atoms with Crippen molar-refractivity contribution in [3.05, 3.63) is 24.3 Å². The Labute approximate surface area is 140 Å². The summed E-state index contributed by atoms with van der Waals surface area (Å²) >= 11 is 1.69. The minimum absolute atomic E-state index is 0.262. The Morgan fingerprint density at radius 2 is 1.78 bits per heavy atom. The lowest BCUT2D eigenvalue weighted by atomic mass is 9.84. The molecule has 2 fully saturated rings. The summed E-state index contributed by atoms with van der Waals surface area (Å²) in [7, 11) is 1.64. The van der Waals surface area contributed by atoms with Crippen LogP contribution in [0.15, 0.2) is 29.2 Å². The van der Waals surface area contributed by atoms with Gasteiger partial charge in [0.2, 0.25) is 0 Å². The van der Waals surface area contributed by atoms with E-state index in [1.165, 1.54) is 0 Å². The van der Waals surface area contributed by atoms with E-state index in [0.29, 0.717) is 32.5 Å². The molecule has 1 aromatic carbocycles. The molecule has 6 heteroatoms. The van der Waals surface area contributed by atoms with Crippen molar-refractivity contribution in [2.45, 2.75) is 47.7 Å². The normalized spacial score (nSPS) is 23.0. The van der Waals surface area contributed by atoms with Crippen LogP contribution in [0.1, 0.15) is 32.1 Å². The summed E-state index contributed by atoms with van der Waals surface area (Å²) in [5, 5.41) is 10.5. The standard InChI is InChI=1S/C17H22O5S/c1-20-14-2-4-15(5-3-14)23-16(8-6-13(18)7-9-16)12-17(19)21-10-11-22-17/h2-5,19H,6-12H2,1H3. The van der Waals surface area contributed by atoms with Gasteiger partial charge in [-0.05, 0) is 37.1 Å². The number of ketones is 1. The number of hydrogen-bond donors (Lipinski definition) is 1. The minimum Gasteiger partial charge on any atom is -0.497 e. The maximum atomic E-state index is 11.7. The second-order valence-electron chi connectivity index (χ2n) is 6.09. The van der Waals surface area contributed by atoms with Gasteiger partial charge in [0.05, 0.1) is 20.3 Å². The average molecular weight is 338 g/mol. The second-order valence-corrected chi connectivity index (χ2v) is 7.63. The molecule has 23 heavy (non-hydrogen) atoms. The molecule has 0 bridgehead atoms. The summed E-state index contributed by atoms with van der Waals surface area (Å²) in [6.45, 7) is 0.803. The molecule has 0 radical (unpaired) electrons. The van der Waals surface area contributed by atoms with Gasteiger partial charge in [-0.15, -0.1) is 11.8 Å². The minimum atomic E-state index is -1.53. The van der Waals surface area contributed by atoms with Crippen LogP contribution in [0.4, 0.5) is 0 Å². The van der Waals surface area contributed by atoms with Crippen molar-refractivity contribution in [2.75, 3.05) is 20.3 Å². The molecule has 2 aliphatic rings. The number of hydrogen-bond acceptors (Lipinski definition) is 6. The van der Waals surface area contributed by atoms with Gasteiger partial charge in [-0.2, -0.15) is 0 Å². The van der Waals surface area contributed by atoms with E-state index < -0.39 is 5.97 Å². The third kappa shape index (κ3) is 4.07. The molecule has 0 spiro atoms. The van der Waals surface area contributed by atoms with Crippen molar-refractivity contribution < 1.29 is 24.1 Å². The second kappa shape index (κ2) is 6.81. The molecule has 126 valence electrons. The van der Waals surface area contributed by atoms with Gasteiger partial charge in [0.15, 0.2) is 0 Å². The number of Topliss-reactive ketones (excluding diaryl/α,β-unsaturated/α-hetero) is 1. The number of carbonyl (C=O) groups is 1. The number of methoxy groups -OCH3 is 1. The molecule has 3 rings (SSSR count). The summed E-state index contributed by atoms with van der Waals surface area (Å²) in [6.07, 6.45) is 2.89. The number of carbonyl (C=O) groups excluding carboxylic acids is 1. The third-order valence-electron chi connectivity index (χ3n) is 4.40. The number of benzene rings is 1. The van der Waals surface area contributed by atoms with Gasteiger partial charge < -0.3 is 19.3 Å². The van der Waals surface area contributed by atoms with Gasteiger partial charge in [0.25, 0.3) is 5.97 Å². The maximum absolute atomic E-state index is 11.7. The largest absolute Gasteiger partial charge is 0.497 e. The lowest BCUT2D eigenvalue weighted by Gasteiger charge is -2.39. The zero-order valence-corrected chi connectivity index (χ0v) is 14.1. The van der Waals surface area contributed by atoms with Crippen LogP contribution in [-0.2, 0) is 14.3 Å². The van der Waals surface area contributed by atoms with Crippen LogP contribution < -0.4 is 4.74 Å². The first-order valence-electron chi connectivity index (χ1n) is 7.88. The molecule has 1 aromatic rings. The van der Waals surface area contributed by atoms with Gasteiger partial charge in [0, 0.05) is 28.9 Å². The molecular formula is C17H22O5S. The number of thioether (sulfide) groups is 1. The van der Waals surface area contributed by atoms with Gasteiger partial charge >= 0.3 is 0 Å². The molecule has 0 amide bonds. The summed E-state index contributed by atoms with van der Waals surface area (Å²) < 4.78 is 15.7. The highest BCUT2D eigenvalue weighted by Crippen LogP contribution is 2.48. The van der Waals surface area contributed by atoms with Gasteiger partial charge in [-0.3, -0.25) is 4.79 Å². The third-order valence-corrected chi connectivity index (χ3v) is 5.89. The van der Waals surface area contributed by atoms with Gasteiger partial charge in [-0.25, -0.2) is 0 Å². The molecule has 0 atom stereocenters. The van der Waals surface area contributed by atoms with Crippen LogP contribution in [0, 0.1) is 0 Å². The molecule has 1 saturated heterocycles. The highest BCUT2D eigenvalue weighted by atomic mass is 32.2. The van der Waals surface area contributed by atoms with Gasteiger partial charge in [0.1, 0.15) is 11.5 Å². The van der Waals surface area contributed by atoms with Crippen molar-refractivity contribution >= 4 is 17.5 Å². The quantitative estimate of drug-likeness (QED) is 0.890. The van der Waals surface area contributed by atoms with E-state index in [1.54, 1.807) is 18.9 Å². The molecule has 5 nitrogen and oxygen atoms in total. The van der Waals surface area contributed by atoms with Crippen molar-refractivity contribution in [3.8, 4) is 5.75 Å². The Balaban J connectivity index is 1.78. The predicted octanol–water partition coefficient (Wildman–Crippen LogP) is 2.75. The lowest BCUT2D eigenvalue weighted by Crippen LogP contribution is -2.42. The zero-order valence-electron chi connectivity index (χ0n) is 13.2. The van der Waals surface area contributed by atoms with Crippen LogP contribution in [-0.4, -0.2) is 41.9 Å². The fourth-order valence-electron chi connectivity index (χ4n) is 3.15. The van der Waals surface area contributed by atoms with E-state index >= 15 is 0 Å². The van der Waals surface area contributed by atoms with Crippen LogP contribution in [0.5, 0.6) is 5.75 Å². The highest BCUT2D eigenvalue weighted by molar-refractivity contribution is 8.00. The topological polar surface area (TPSA) is 65.0 Å². The number of rotatable bonds is 5. The Kier molecular flexibility index (Phi) is 4.96. The first kappa shape index (κ1) is 16.8. The summed E-state index contributed by atoms with van der Waals surface area (Å²) in [6, 6.07) is 7.84.